The maximum Gasteiger partial charge on any atom is 0.132 e. The third-order valence-electron chi connectivity index (χ3n) is 1.20. The summed E-state index contributed by atoms with van der Waals surface area (Å²) < 4.78 is 0. The molecule has 0 aliphatic carbocycles. The lowest BCUT2D eigenvalue weighted by atomic mass is 10.2. The number of nitrogens with zero attached hydrogens (tertiary/aromatic N) is 1. The highest BCUT2D eigenvalue weighted by Gasteiger charge is 1.96. The Bertz CT molecular complexity index is 215. The van der Waals surface area contributed by atoms with Crippen LogP contribution in [0.1, 0.15) is 5.56 Å². The maximum absolute atomic E-state index is 5.77. The Kier molecular flexibility index (Phi) is 3.16. The molecule has 0 radical (unpaired) electrons. The van der Waals surface area contributed by atoms with Crippen LogP contribution in [0.15, 0.2) is 18.3 Å². The van der Waals surface area contributed by atoms with Crippen molar-refractivity contribution in [1.82, 2.24) is 4.98 Å². The quantitative estimate of drug-likeness (QED) is 0.552. The van der Waals surface area contributed by atoms with Crippen molar-refractivity contribution in [3.63, 3.8) is 0 Å². The smallest absolute Gasteiger partial charge is 0.132 e. The van der Waals surface area contributed by atoms with Gasteiger partial charge in [-0.2, -0.15) is 0 Å². The predicted molar refractivity (Wildman–Crippen MR) is 46.7 cm³/mol. The summed E-state index contributed by atoms with van der Waals surface area (Å²) >= 11 is 9.10. The van der Waals surface area contributed by atoms with Gasteiger partial charge in [0.15, 0.2) is 0 Å². The largest absolute Gasteiger partial charge is 0.244 e. The second kappa shape index (κ2) is 3.94. The van der Waals surface area contributed by atoms with E-state index in [1.54, 1.807) is 6.20 Å². The van der Waals surface area contributed by atoms with Crippen molar-refractivity contribution >= 4 is 27.5 Å². The van der Waals surface area contributed by atoms with E-state index >= 15 is 0 Å². The first-order valence-electron chi connectivity index (χ1n) is 3.00. The summed E-state index contributed by atoms with van der Waals surface area (Å²) in [6.07, 6.45) is 2.63. The van der Waals surface area contributed by atoms with Gasteiger partial charge in [-0.1, -0.05) is 33.6 Å². The average molecular weight is 220 g/mol. The van der Waals surface area contributed by atoms with E-state index in [1.807, 2.05) is 12.1 Å². The molecule has 0 amide bonds. The Morgan fingerprint density at radius 2 is 2.40 bits per heavy atom. The standard InChI is InChI=1S/C7H7BrClN/c8-4-3-6-2-1-5-10-7(6)9/h1-2,5H,3-4H2. The molecule has 0 aliphatic heterocycles. The number of hydrogen-bond donors (Lipinski definition) is 0. The third-order valence-corrected chi connectivity index (χ3v) is 1.94. The van der Waals surface area contributed by atoms with Crippen LogP contribution in [0.5, 0.6) is 0 Å². The summed E-state index contributed by atoms with van der Waals surface area (Å²) in [5.74, 6) is 0. The Morgan fingerprint density at radius 3 is 3.00 bits per heavy atom. The van der Waals surface area contributed by atoms with Crippen LogP contribution in [0, 0.1) is 0 Å². The van der Waals surface area contributed by atoms with Gasteiger partial charge in [-0.3, -0.25) is 0 Å². The van der Waals surface area contributed by atoms with Crippen LogP contribution in [0.2, 0.25) is 5.15 Å². The number of pyridine rings is 1. The van der Waals surface area contributed by atoms with Gasteiger partial charge in [0.05, 0.1) is 0 Å². The summed E-state index contributed by atoms with van der Waals surface area (Å²) in [6, 6.07) is 3.88. The van der Waals surface area contributed by atoms with Crippen LogP contribution in [-0.4, -0.2) is 10.3 Å². The molecule has 0 unspecified atom stereocenters. The number of aromatic nitrogens is 1. The molecule has 54 valence electrons. The van der Waals surface area contributed by atoms with Crippen molar-refractivity contribution in [2.45, 2.75) is 6.42 Å². The molecule has 0 fully saturated rings. The number of alkyl halides is 1. The van der Waals surface area contributed by atoms with E-state index in [2.05, 4.69) is 20.9 Å². The van der Waals surface area contributed by atoms with E-state index in [1.165, 1.54) is 0 Å². The summed E-state index contributed by atoms with van der Waals surface area (Å²) in [4.78, 5) is 3.94. The van der Waals surface area contributed by atoms with E-state index in [4.69, 9.17) is 11.6 Å². The molecule has 0 saturated carbocycles. The summed E-state index contributed by atoms with van der Waals surface area (Å²) in [6.45, 7) is 0. The first kappa shape index (κ1) is 8.02. The van der Waals surface area contributed by atoms with Gasteiger partial charge >= 0.3 is 0 Å². The number of hydrogen-bond acceptors (Lipinski definition) is 1. The minimum Gasteiger partial charge on any atom is -0.244 e. The van der Waals surface area contributed by atoms with Crippen LogP contribution in [0.25, 0.3) is 0 Å². The second-order valence-electron chi connectivity index (χ2n) is 1.89. The molecular weight excluding hydrogens is 213 g/mol. The van der Waals surface area contributed by atoms with Gasteiger partial charge in [0.2, 0.25) is 0 Å². The molecule has 10 heavy (non-hydrogen) atoms. The van der Waals surface area contributed by atoms with E-state index in [0.717, 1.165) is 17.3 Å². The van der Waals surface area contributed by atoms with Crippen molar-refractivity contribution in [2.75, 3.05) is 5.33 Å². The Morgan fingerprint density at radius 1 is 1.60 bits per heavy atom. The highest BCUT2D eigenvalue weighted by Crippen LogP contribution is 2.12. The second-order valence-corrected chi connectivity index (χ2v) is 3.04. The van der Waals surface area contributed by atoms with Gasteiger partial charge in [-0.15, -0.1) is 0 Å². The van der Waals surface area contributed by atoms with Gasteiger partial charge in [-0.05, 0) is 18.1 Å². The van der Waals surface area contributed by atoms with Crippen LogP contribution < -0.4 is 0 Å². The van der Waals surface area contributed by atoms with Crippen molar-refractivity contribution < 1.29 is 0 Å². The first-order chi connectivity index (χ1) is 4.84. The zero-order chi connectivity index (χ0) is 7.40. The minimum atomic E-state index is 0.613. The van der Waals surface area contributed by atoms with E-state index in [0.29, 0.717) is 5.15 Å². The predicted octanol–water partition coefficient (Wildman–Crippen LogP) is 2.67. The minimum absolute atomic E-state index is 0.613. The number of aryl methyl sites for hydroxylation is 1. The highest BCUT2D eigenvalue weighted by atomic mass is 79.9. The summed E-state index contributed by atoms with van der Waals surface area (Å²) in [7, 11) is 0. The molecule has 0 saturated heterocycles. The lowest BCUT2D eigenvalue weighted by Crippen LogP contribution is -1.88. The fourth-order valence-corrected chi connectivity index (χ4v) is 1.35. The molecule has 0 aromatic carbocycles. The number of rotatable bonds is 2. The molecule has 0 aliphatic rings. The SMILES string of the molecule is Clc1ncccc1CCBr. The van der Waals surface area contributed by atoms with Crippen LogP contribution in [0.4, 0.5) is 0 Å². The first-order valence-corrected chi connectivity index (χ1v) is 4.50. The fraction of sp³-hybridized carbons (Fsp3) is 0.286. The lowest BCUT2D eigenvalue weighted by molar-refractivity contribution is 1.13. The van der Waals surface area contributed by atoms with Gasteiger partial charge in [0, 0.05) is 11.5 Å². The molecule has 3 heteroatoms. The third kappa shape index (κ3) is 1.96. The van der Waals surface area contributed by atoms with Gasteiger partial charge in [-0.25, -0.2) is 4.98 Å². The monoisotopic (exact) mass is 219 g/mol. The molecule has 0 atom stereocenters. The molecule has 1 aromatic heterocycles. The Balaban J connectivity index is 2.81. The van der Waals surface area contributed by atoms with Gasteiger partial charge in [0.25, 0.3) is 0 Å². The highest BCUT2D eigenvalue weighted by molar-refractivity contribution is 9.09. The summed E-state index contributed by atoms with van der Waals surface area (Å²) in [5, 5.41) is 1.54. The van der Waals surface area contributed by atoms with Crippen molar-refractivity contribution in [3.8, 4) is 0 Å². The molecular formula is C7H7BrClN. The van der Waals surface area contributed by atoms with E-state index < -0.39 is 0 Å². The van der Waals surface area contributed by atoms with Gasteiger partial charge in [0.1, 0.15) is 5.15 Å². The molecule has 0 bridgehead atoms. The molecule has 0 spiro atoms. The van der Waals surface area contributed by atoms with E-state index in [9.17, 15) is 0 Å². The topological polar surface area (TPSA) is 12.9 Å². The molecule has 0 N–H and O–H groups in total. The Labute approximate surface area is 73.6 Å². The zero-order valence-electron chi connectivity index (χ0n) is 5.35. The van der Waals surface area contributed by atoms with E-state index in [-0.39, 0.29) is 0 Å². The molecule has 1 rings (SSSR count). The van der Waals surface area contributed by atoms with Crippen LogP contribution in [0.3, 0.4) is 0 Å². The average Bonchev–Trinajstić information content (AvgIpc) is 1.94. The van der Waals surface area contributed by atoms with Crippen molar-refractivity contribution in [2.24, 2.45) is 0 Å². The van der Waals surface area contributed by atoms with Crippen LogP contribution in [-0.2, 0) is 6.42 Å². The summed E-state index contributed by atoms with van der Waals surface area (Å²) in [5.41, 5.74) is 1.10. The fourth-order valence-electron chi connectivity index (χ4n) is 0.708. The zero-order valence-corrected chi connectivity index (χ0v) is 7.69. The van der Waals surface area contributed by atoms with Crippen LogP contribution >= 0.6 is 27.5 Å². The number of halogens is 2. The normalized spacial score (nSPS) is 9.80. The Hall–Kier alpha value is -0.0800. The maximum atomic E-state index is 5.77. The van der Waals surface area contributed by atoms with Crippen molar-refractivity contribution in [3.05, 3.63) is 29.0 Å². The van der Waals surface area contributed by atoms with Gasteiger partial charge < -0.3 is 0 Å². The lowest BCUT2D eigenvalue weighted by Gasteiger charge is -1.97. The molecule has 1 aromatic rings. The molecule has 1 nitrogen and oxygen atoms in total. The van der Waals surface area contributed by atoms with Crippen molar-refractivity contribution in [1.29, 1.82) is 0 Å². The molecule has 1 heterocycles.